The molecule has 2 rings (SSSR count). The number of nitrogens with one attached hydrogen (secondary N) is 1. The monoisotopic (exact) mass is 308 g/mol. The van der Waals surface area contributed by atoms with E-state index in [0.717, 1.165) is 22.1 Å². The van der Waals surface area contributed by atoms with E-state index in [1.807, 2.05) is 37.3 Å². The Balaban J connectivity index is 0.00000220. The Kier molecular flexibility index (Phi) is 6.46. The number of ether oxygens (including phenoxy) is 1. The molecule has 0 heterocycles. The minimum absolute atomic E-state index is 0. The van der Waals surface area contributed by atoms with Crippen molar-refractivity contribution >= 4 is 29.1 Å². The van der Waals surface area contributed by atoms with Gasteiger partial charge in [0.25, 0.3) is 0 Å². The lowest BCUT2D eigenvalue weighted by Gasteiger charge is -2.08. The normalized spacial score (nSPS) is 11.6. The van der Waals surface area contributed by atoms with Gasteiger partial charge in [0.15, 0.2) is 0 Å². The van der Waals surface area contributed by atoms with Crippen LogP contribution in [0.5, 0.6) is 5.75 Å². The fourth-order valence-corrected chi connectivity index (χ4v) is 2.08. The van der Waals surface area contributed by atoms with Crippen LogP contribution in [0.2, 0.25) is 0 Å². The number of hydrogen-bond donors (Lipinski definition) is 2. The zero-order valence-electron chi connectivity index (χ0n) is 12.3. The van der Waals surface area contributed by atoms with E-state index in [4.69, 9.17) is 10.5 Å². The van der Waals surface area contributed by atoms with E-state index in [1.54, 1.807) is 7.11 Å². The van der Waals surface area contributed by atoms with Gasteiger partial charge in [0.1, 0.15) is 5.75 Å². The van der Waals surface area contributed by atoms with Crippen molar-refractivity contribution in [3.8, 4) is 5.75 Å². The molecule has 0 aliphatic heterocycles. The molecule has 1 amide bonds. The van der Waals surface area contributed by atoms with Crippen molar-refractivity contribution in [2.75, 3.05) is 7.11 Å². The third-order valence-electron chi connectivity index (χ3n) is 3.11. The molecule has 5 heteroatoms. The van der Waals surface area contributed by atoms with Gasteiger partial charge in [-0.15, -0.1) is 12.4 Å². The summed E-state index contributed by atoms with van der Waals surface area (Å²) in [6.45, 7) is 2.34. The predicted molar refractivity (Wildman–Crippen MR) is 87.9 cm³/mol. The summed E-state index contributed by atoms with van der Waals surface area (Å²) in [6.07, 6.45) is 0.352. The first-order chi connectivity index (χ1) is 9.58. The minimum atomic E-state index is -0.112. The Morgan fingerprint density at radius 3 is 2.57 bits per heavy atom. The van der Waals surface area contributed by atoms with Gasteiger partial charge in [0.2, 0.25) is 5.91 Å². The summed E-state index contributed by atoms with van der Waals surface area (Å²) >= 11 is 0. The average Bonchev–Trinajstić information content (AvgIpc) is 2.43. The topological polar surface area (TPSA) is 64.3 Å². The minimum Gasteiger partial charge on any atom is -0.497 e. The third-order valence-corrected chi connectivity index (χ3v) is 3.11. The SMILES string of the molecule is COc1ccc2cc(CNC(=O)CC(C)N)ccc2c1.Cl. The lowest BCUT2D eigenvalue weighted by molar-refractivity contribution is -0.121. The van der Waals surface area contributed by atoms with Crippen LogP contribution in [-0.4, -0.2) is 19.1 Å². The number of methoxy groups -OCH3 is 1. The summed E-state index contributed by atoms with van der Waals surface area (Å²) in [5.41, 5.74) is 6.66. The molecule has 0 saturated carbocycles. The second-order valence-corrected chi connectivity index (χ2v) is 5.01. The maximum absolute atomic E-state index is 11.6. The number of amides is 1. The number of carbonyl (C=O) groups is 1. The standard InChI is InChI=1S/C16H20N2O2.ClH/c1-11(17)7-16(19)18-10-12-3-4-14-9-15(20-2)6-5-13(14)8-12;/h3-6,8-9,11H,7,10,17H2,1-2H3,(H,18,19);1H. The van der Waals surface area contributed by atoms with E-state index in [2.05, 4.69) is 11.4 Å². The van der Waals surface area contributed by atoms with Gasteiger partial charge < -0.3 is 15.8 Å². The molecule has 2 aromatic rings. The van der Waals surface area contributed by atoms with E-state index >= 15 is 0 Å². The van der Waals surface area contributed by atoms with Crippen LogP contribution in [0.1, 0.15) is 18.9 Å². The summed E-state index contributed by atoms with van der Waals surface area (Å²) in [7, 11) is 1.66. The molecule has 0 aliphatic carbocycles. The Morgan fingerprint density at radius 2 is 1.90 bits per heavy atom. The number of hydrogen-bond acceptors (Lipinski definition) is 3. The summed E-state index contributed by atoms with van der Waals surface area (Å²) in [5, 5.41) is 5.12. The van der Waals surface area contributed by atoms with Gasteiger partial charge in [0, 0.05) is 19.0 Å². The Bertz CT molecular complexity index is 614. The fraction of sp³-hybridized carbons (Fsp3) is 0.312. The first-order valence-electron chi connectivity index (χ1n) is 6.67. The number of rotatable bonds is 5. The van der Waals surface area contributed by atoms with Crippen molar-refractivity contribution in [1.29, 1.82) is 0 Å². The highest BCUT2D eigenvalue weighted by Crippen LogP contribution is 2.21. The van der Waals surface area contributed by atoms with Crippen LogP contribution in [0, 0.1) is 0 Å². The molecule has 4 nitrogen and oxygen atoms in total. The fourth-order valence-electron chi connectivity index (χ4n) is 2.08. The molecule has 0 aromatic heterocycles. The summed E-state index contributed by atoms with van der Waals surface area (Å²) in [4.78, 5) is 11.6. The van der Waals surface area contributed by atoms with Gasteiger partial charge in [-0.05, 0) is 41.5 Å². The van der Waals surface area contributed by atoms with Crippen molar-refractivity contribution in [2.45, 2.75) is 25.9 Å². The second-order valence-electron chi connectivity index (χ2n) is 5.01. The molecule has 1 unspecified atom stereocenters. The number of halogens is 1. The molecular weight excluding hydrogens is 288 g/mol. The van der Waals surface area contributed by atoms with Crippen LogP contribution in [0.25, 0.3) is 10.8 Å². The molecule has 0 fully saturated rings. The Morgan fingerprint density at radius 1 is 1.24 bits per heavy atom. The van der Waals surface area contributed by atoms with Crippen LogP contribution in [0.4, 0.5) is 0 Å². The molecule has 2 aromatic carbocycles. The first-order valence-corrected chi connectivity index (χ1v) is 6.67. The smallest absolute Gasteiger partial charge is 0.221 e. The van der Waals surface area contributed by atoms with Gasteiger partial charge >= 0.3 is 0 Å². The highest BCUT2D eigenvalue weighted by Gasteiger charge is 2.05. The van der Waals surface area contributed by atoms with Crippen LogP contribution >= 0.6 is 12.4 Å². The zero-order valence-corrected chi connectivity index (χ0v) is 13.1. The average molecular weight is 309 g/mol. The number of fused-ring (bicyclic) bond motifs is 1. The second kappa shape index (κ2) is 7.86. The molecule has 114 valence electrons. The van der Waals surface area contributed by atoms with Crippen LogP contribution < -0.4 is 15.8 Å². The van der Waals surface area contributed by atoms with Crippen LogP contribution in [-0.2, 0) is 11.3 Å². The zero-order chi connectivity index (χ0) is 14.5. The van der Waals surface area contributed by atoms with E-state index in [0.29, 0.717) is 13.0 Å². The Labute approximate surface area is 131 Å². The quantitative estimate of drug-likeness (QED) is 0.892. The molecular formula is C16H21ClN2O2. The predicted octanol–water partition coefficient (Wildman–Crippen LogP) is 2.62. The van der Waals surface area contributed by atoms with Gasteiger partial charge in [-0.2, -0.15) is 0 Å². The van der Waals surface area contributed by atoms with Crippen molar-refractivity contribution < 1.29 is 9.53 Å². The summed E-state index contributed by atoms with van der Waals surface area (Å²) in [5.74, 6) is 0.824. The van der Waals surface area contributed by atoms with Crippen molar-refractivity contribution in [2.24, 2.45) is 5.73 Å². The third kappa shape index (κ3) is 4.92. The molecule has 0 aliphatic rings. The summed E-state index contributed by atoms with van der Waals surface area (Å²) < 4.78 is 5.20. The largest absolute Gasteiger partial charge is 0.497 e. The molecule has 0 bridgehead atoms. The lowest BCUT2D eigenvalue weighted by atomic mass is 10.1. The van der Waals surface area contributed by atoms with E-state index in [1.165, 1.54) is 0 Å². The first kappa shape index (κ1) is 17.3. The van der Waals surface area contributed by atoms with Crippen molar-refractivity contribution in [1.82, 2.24) is 5.32 Å². The molecule has 0 saturated heterocycles. The lowest BCUT2D eigenvalue weighted by Crippen LogP contribution is -2.29. The van der Waals surface area contributed by atoms with E-state index < -0.39 is 0 Å². The maximum Gasteiger partial charge on any atom is 0.221 e. The van der Waals surface area contributed by atoms with E-state index in [-0.39, 0.29) is 24.4 Å². The van der Waals surface area contributed by atoms with Crippen molar-refractivity contribution in [3.63, 3.8) is 0 Å². The molecule has 0 spiro atoms. The molecule has 21 heavy (non-hydrogen) atoms. The van der Waals surface area contributed by atoms with Crippen LogP contribution in [0.15, 0.2) is 36.4 Å². The summed E-state index contributed by atoms with van der Waals surface area (Å²) in [6, 6.07) is 11.9. The number of benzene rings is 2. The van der Waals surface area contributed by atoms with Gasteiger partial charge in [-0.25, -0.2) is 0 Å². The highest BCUT2D eigenvalue weighted by atomic mass is 35.5. The number of nitrogens with two attached hydrogens (primary N) is 1. The number of carbonyl (C=O) groups excluding carboxylic acids is 1. The highest BCUT2D eigenvalue weighted by molar-refractivity contribution is 5.85. The van der Waals surface area contributed by atoms with Crippen LogP contribution in [0.3, 0.4) is 0 Å². The van der Waals surface area contributed by atoms with Gasteiger partial charge in [-0.1, -0.05) is 18.2 Å². The van der Waals surface area contributed by atoms with E-state index in [9.17, 15) is 4.79 Å². The van der Waals surface area contributed by atoms with Gasteiger partial charge in [0.05, 0.1) is 7.11 Å². The molecule has 1 atom stereocenters. The molecule has 0 radical (unpaired) electrons. The van der Waals surface area contributed by atoms with Crippen molar-refractivity contribution in [3.05, 3.63) is 42.0 Å². The Hall–Kier alpha value is -1.78. The maximum atomic E-state index is 11.6. The van der Waals surface area contributed by atoms with Gasteiger partial charge in [-0.3, -0.25) is 4.79 Å². The molecule has 3 N–H and O–H groups in total.